The Morgan fingerprint density at radius 3 is 2.28 bits per heavy atom. The Balaban J connectivity index is 1.93. The van der Waals surface area contributed by atoms with Crippen LogP contribution in [0.1, 0.15) is 24.1 Å². The highest BCUT2D eigenvalue weighted by atomic mass is 79.9. The van der Waals surface area contributed by atoms with E-state index >= 15 is 0 Å². The molecule has 0 radical (unpaired) electrons. The lowest BCUT2D eigenvalue weighted by atomic mass is 10.1. The zero-order chi connectivity index (χ0) is 13.0. The number of benzene rings is 2. The van der Waals surface area contributed by atoms with E-state index in [9.17, 15) is 4.39 Å². The summed E-state index contributed by atoms with van der Waals surface area (Å²) in [4.78, 5) is 0. The summed E-state index contributed by atoms with van der Waals surface area (Å²) in [5.74, 6) is -0.196. The van der Waals surface area contributed by atoms with E-state index in [1.165, 1.54) is 17.7 Å². The molecule has 0 heterocycles. The minimum absolute atomic E-state index is 0.196. The van der Waals surface area contributed by atoms with Crippen molar-refractivity contribution >= 4 is 15.9 Å². The van der Waals surface area contributed by atoms with Gasteiger partial charge >= 0.3 is 0 Å². The summed E-state index contributed by atoms with van der Waals surface area (Å²) in [5.41, 5.74) is 2.32. The largest absolute Gasteiger partial charge is 0.306 e. The molecule has 18 heavy (non-hydrogen) atoms. The highest BCUT2D eigenvalue weighted by Crippen LogP contribution is 2.15. The van der Waals surface area contributed by atoms with Crippen LogP contribution in [0.2, 0.25) is 0 Å². The minimum Gasteiger partial charge on any atom is -0.306 e. The summed E-state index contributed by atoms with van der Waals surface area (Å²) in [7, 11) is 0. The van der Waals surface area contributed by atoms with Crippen molar-refractivity contribution in [3.8, 4) is 0 Å². The first-order valence-corrected chi connectivity index (χ1v) is 6.68. The molecule has 0 aliphatic rings. The molecule has 0 bridgehead atoms. The molecule has 2 aromatic carbocycles. The van der Waals surface area contributed by atoms with Crippen molar-refractivity contribution in [3.05, 3.63) is 69.9 Å². The van der Waals surface area contributed by atoms with Gasteiger partial charge in [-0.15, -0.1) is 0 Å². The lowest BCUT2D eigenvalue weighted by molar-refractivity contribution is 0.571. The van der Waals surface area contributed by atoms with Crippen molar-refractivity contribution in [2.24, 2.45) is 0 Å². The molecular formula is C15H15BrFN. The highest BCUT2D eigenvalue weighted by Gasteiger charge is 2.04. The average molecular weight is 308 g/mol. The van der Waals surface area contributed by atoms with E-state index in [2.05, 4.69) is 40.3 Å². The molecular weight excluding hydrogens is 293 g/mol. The van der Waals surface area contributed by atoms with Gasteiger partial charge in [0.15, 0.2) is 0 Å². The maximum atomic E-state index is 12.8. The van der Waals surface area contributed by atoms with Crippen molar-refractivity contribution in [3.63, 3.8) is 0 Å². The Bertz CT molecular complexity index is 493. The van der Waals surface area contributed by atoms with E-state index in [0.717, 1.165) is 16.6 Å². The second-order valence-electron chi connectivity index (χ2n) is 4.28. The van der Waals surface area contributed by atoms with Crippen LogP contribution in [0.25, 0.3) is 0 Å². The van der Waals surface area contributed by atoms with Gasteiger partial charge in [0.25, 0.3) is 0 Å². The predicted octanol–water partition coefficient (Wildman–Crippen LogP) is 4.44. The number of rotatable bonds is 4. The third-order valence-electron chi connectivity index (χ3n) is 2.90. The first-order chi connectivity index (χ1) is 8.65. The average Bonchev–Trinajstić information content (AvgIpc) is 2.38. The van der Waals surface area contributed by atoms with Crippen LogP contribution in [0.15, 0.2) is 53.0 Å². The zero-order valence-electron chi connectivity index (χ0n) is 10.2. The summed E-state index contributed by atoms with van der Waals surface area (Å²) in [5, 5.41) is 3.42. The van der Waals surface area contributed by atoms with Crippen LogP contribution >= 0.6 is 15.9 Å². The lowest BCUT2D eigenvalue weighted by Gasteiger charge is -2.14. The van der Waals surface area contributed by atoms with Crippen LogP contribution in [-0.4, -0.2) is 0 Å². The molecule has 1 atom stereocenters. The van der Waals surface area contributed by atoms with E-state index < -0.39 is 0 Å². The molecule has 0 spiro atoms. The maximum absolute atomic E-state index is 12.8. The van der Waals surface area contributed by atoms with Gasteiger partial charge in [-0.3, -0.25) is 0 Å². The van der Waals surface area contributed by atoms with E-state index in [0.29, 0.717) is 0 Å². The smallest absolute Gasteiger partial charge is 0.123 e. The standard InChI is InChI=1S/C15H15BrFN/c1-11(13-4-8-15(17)9-5-13)18-10-12-2-6-14(16)7-3-12/h2-9,11,18H,10H2,1H3. The van der Waals surface area contributed by atoms with Gasteiger partial charge in [0.05, 0.1) is 0 Å². The Kier molecular flexibility index (Phi) is 4.50. The second-order valence-corrected chi connectivity index (χ2v) is 5.20. The first kappa shape index (κ1) is 13.2. The lowest BCUT2D eigenvalue weighted by Crippen LogP contribution is -2.17. The third-order valence-corrected chi connectivity index (χ3v) is 3.42. The molecule has 0 saturated heterocycles. The molecule has 1 unspecified atom stereocenters. The second kappa shape index (κ2) is 6.12. The monoisotopic (exact) mass is 307 g/mol. The summed E-state index contributed by atoms with van der Waals surface area (Å²) < 4.78 is 13.9. The molecule has 0 fully saturated rings. The van der Waals surface area contributed by atoms with E-state index in [1.54, 1.807) is 0 Å². The van der Waals surface area contributed by atoms with Crippen LogP contribution in [0.5, 0.6) is 0 Å². The maximum Gasteiger partial charge on any atom is 0.123 e. The summed E-state index contributed by atoms with van der Waals surface area (Å²) >= 11 is 3.41. The molecule has 0 aliphatic carbocycles. The summed E-state index contributed by atoms with van der Waals surface area (Å²) in [6.07, 6.45) is 0. The zero-order valence-corrected chi connectivity index (χ0v) is 11.7. The number of hydrogen-bond acceptors (Lipinski definition) is 1. The molecule has 2 rings (SSSR count). The normalized spacial score (nSPS) is 12.4. The third kappa shape index (κ3) is 3.65. The van der Waals surface area contributed by atoms with E-state index in [1.807, 2.05) is 24.3 Å². The molecule has 3 heteroatoms. The van der Waals surface area contributed by atoms with Crippen LogP contribution in [-0.2, 0) is 6.54 Å². The first-order valence-electron chi connectivity index (χ1n) is 5.88. The fourth-order valence-corrected chi connectivity index (χ4v) is 2.01. The molecule has 1 nitrogen and oxygen atoms in total. The van der Waals surface area contributed by atoms with Crippen molar-refractivity contribution in [1.29, 1.82) is 0 Å². The number of nitrogens with one attached hydrogen (secondary N) is 1. The van der Waals surface area contributed by atoms with E-state index in [-0.39, 0.29) is 11.9 Å². The Morgan fingerprint density at radius 1 is 1.06 bits per heavy atom. The van der Waals surface area contributed by atoms with Gasteiger partial charge in [0, 0.05) is 17.1 Å². The van der Waals surface area contributed by atoms with Crippen LogP contribution in [0.3, 0.4) is 0 Å². The minimum atomic E-state index is -0.196. The molecule has 1 N–H and O–H groups in total. The molecule has 0 saturated carbocycles. The molecule has 0 aliphatic heterocycles. The van der Waals surface area contributed by atoms with Gasteiger partial charge in [0.2, 0.25) is 0 Å². The van der Waals surface area contributed by atoms with Crippen molar-refractivity contribution < 1.29 is 4.39 Å². The van der Waals surface area contributed by atoms with Gasteiger partial charge in [0.1, 0.15) is 5.82 Å². The summed E-state index contributed by atoms with van der Waals surface area (Å²) in [6.45, 7) is 2.87. The summed E-state index contributed by atoms with van der Waals surface area (Å²) in [6, 6.07) is 15.0. The van der Waals surface area contributed by atoms with Crippen LogP contribution in [0.4, 0.5) is 4.39 Å². The van der Waals surface area contributed by atoms with Gasteiger partial charge in [-0.1, -0.05) is 40.2 Å². The fourth-order valence-electron chi connectivity index (χ4n) is 1.74. The number of hydrogen-bond donors (Lipinski definition) is 1. The molecule has 0 aromatic heterocycles. The molecule has 0 amide bonds. The Hall–Kier alpha value is -1.19. The molecule has 94 valence electrons. The predicted molar refractivity (Wildman–Crippen MR) is 75.8 cm³/mol. The van der Waals surface area contributed by atoms with E-state index in [4.69, 9.17) is 0 Å². The van der Waals surface area contributed by atoms with Gasteiger partial charge < -0.3 is 5.32 Å². The highest BCUT2D eigenvalue weighted by molar-refractivity contribution is 9.10. The van der Waals surface area contributed by atoms with Crippen molar-refractivity contribution in [2.45, 2.75) is 19.5 Å². The van der Waals surface area contributed by atoms with Gasteiger partial charge in [-0.25, -0.2) is 4.39 Å². The topological polar surface area (TPSA) is 12.0 Å². The quantitative estimate of drug-likeness (QED) is 0.880. The molecule has 2 aromatic rings. The van der Waals surface area contributed by atoms with Gasteiger partial charge in [-0.05, 0) is 42.3 Å². The van der Waals surface area contributed by atoms with Crippen molar-refractivity contribution in [2.75, 3.05) is 0 Å². The Labute approximate surface area is 115 Å². The van der Waals surface area contributed by atoms with Crippen molar-refractivity contribution in [1.82, 2.24) is 5.32 Å². The van der Waals surface area contributed by atoms with Crippen LogP contribution in [0, 0.1) is 5.82 Å². The Morgan fingerprint density at radius 2 is 1.67 bits per heavy atom. The van der Waals surface area contributed by atoms with Crippen LogP contribution < -0.4 is 5.32 Å². The van der Waals surface area contributed by atoms with Gasteiger partial charge in [-0.2, -0.15) is 0 Å². The SMILES string of the molecule is CC(NCc1ccc(Br)cc1)c1ccc(F)cc1. The number of halogens is 2. The fraction of sp³-hybridized carbons (Fsp3) is 0.200.